The van der Waals surface area contributed by atoms with Gasteiger partial charge in [0.1, 0.15) is 0 Å². The molecule has 0 N–H and O–H groups in total. The van der Waals surface area contributed by atoms with Crippen LogP contribution in [0.25, 0.3) is 0 Å². The lowest BCUT2D eigenvalue weighted by Gasteiger charge is -2.59. The largest absolute Gasteiger partial charge is 0.0651 e. The summed E-state index contributed by atoms with van der Waals surface area (Å²) in [6, 6.07) is 7.31. The number of aryl methyl sites for hydroxylation is 2. The van der Waals surface area contributed by atoms with E-state index in [1.165, 1.54) is 37.7 Å². The fourth-order valence-electron chi connectivity index (χ4n) is 7.95. The van der Waals surface area contributed by atoms with Gasteiger partial charge in [0.15, 0.2) is 0 Å². The summed E-state index contributed by atoms with van der Waals surface area (Å²) in [5.41, 5.74) is 5.87. The minimum absolute atomic E-state index is 0.520. The molecule has 0 aliphatic heterocycles. The second-order valence-electron chi connectivity index (χ2n) is 9.86. The first-order valence-electron chi connectivity index (χ1n) is 10.4. The van der Waals surface area contributed by atoms with Crippen LogP contribution in [0.5, 0.6) is 0 Å². The van der Waals surface area contributed by atoms with Crippen molar-refractivity contribution in [1.29, 1.82) is 0 Å². The average molecular weight is 325 g/mol. The first-order valence-corrected chi connectivity index (χ1v) is 10.4. The lowest BCUT2D eigenvalue weighted by Crippen LogP contribution is -2.51. The molecule has 0 amide bonds. The maximum atomic E-state index is 2.71. The Balaban J connectivity index is 1.81. The van der Waals surface area contributed by atoms with E-state index in [2.05, 4.69) is 59.7 Å². The van der Waals surface area contributed by atoms with Crippen molar-refractivity contribution >= 4 is 0 Å². The molecule has 1 aromatic rings. The van der Waals surface area contributed by atoms with Crippen LogP contribution in [-0.4, -0.2) is 0 Å². The summed E-state index contributed by atoms with van der Waals surface area (Å²) < 4.78 is 0. The Morgan fingerprint density at radius 2 is 1.88 bits per heavy atom. The summed E-state index contributed by atoms with van der Waals surface area (Å²) in [5.74, 6) is 4.36. The summed E-state index contributed by atoms with van der Waals surface area (Å²) in [5, 5.41) is 0. The number of hydrogen-bond donors (Lipinski definition) is 0. The van der Waals surface area contributed by atoms with Crippen molar-refractivity contribution in [3.8, 4) is 0 Å². The first-order chi connectivity index (χ1) is 11.3. The summed E-state index contributed by atoms with van der Waals surface area (Å²) in [7, 11) is 0. The maximum absolute atomic E-state index is 2.71. The molecule has 3 aliphatic carbocycles. The zero-order chi connectivity index (χ0) is 17.3. The minimum atomic E-state index is 0.520. The first kappa shape index (κ1) is 16.7. The van der Waals surface area contributed by atoms with Crippen LogP contribution < -0.4 is 0 Å². The van der Waals surface area contributed by atoms with Gasteiger partial charge in [0.25, 0.3) is 0 Å². The van der Waals surface area contributed by atoms with Crippen LogP contribution in [0, 0.1) is 41.4 Å². The van der Waals surface area contributed by atoms with Gasteiger partial charge in [-0.25, -0.2) is 0 Å². The Bertz CT molecular complexity index is 643. The molecule has 0 spiro atoms. The molecule has 3 aliphatic rings. The van der Waals surface area contributed by atoms with E-state index in [-0.39, 0.29) is 0 Å². The van der Waals surface area contributed by atoms with Crippen LogP contribution in [-0.2, 0) is 6.42 Å². The van der Waals surface area contributed by atoms with Gasteiger partial charge in [-0.1, -0.05) is 64.8 Å². The molecule has 7 unspecified atom stereocenters. The smallest absolute Gasteiger partial charge is 0.0125 e. The Hall–Kier alpha value is -0.780. The van der Waals surface area contributed by atoms with Gasteiger partial charge in [0.2, 0.25) is 0 Å². The van der Waals surface area contributed by atoms with E-state index in [1.54, 1.807) is 11.1 Å². The number of fused-ring (bicyclic) bond motifs is 5. The Morgan fingerprint density at radius 3 is 2.58 bits per heavy atom. The molecule has 7 atom stereocenters. The molecule has 24 heavy (non-hydrogen) atoms. The predicted molar refractivity (Wildman–Crippen MR) is 103 cm³/mol. The van der Waals surface area contributed by atoms with Gasteiger partial charge in [-0.3, -0.25) is 0 Å². The van der Waals surface area contributed by atoms with Gasteiger partial charge >= 0.3 is 0 Å². The normalized spacial score (nSPS) is 47.0. The summed E-state index contributed by atoms with van der Waals surface area (Å²) >= 11 is 0. The van der Waals surface area contributed by atoms with Crippen molar-refractivity contribution in [2.24, 2.45) is 34.5 Å². The van der Waals surface area contributed by atoms with Crippen LogP contribution in [0.4, 0.5) is 0 Å². The Labute approximate surface area is 149 Å². The maximum Gasteiger partial charge on any atom is -0.0125 e. The molecule has 0 heteroatoms. The molecular formula is C24H36. The number of hydrogen-bond acceptors (Lipinski definition) is 0. The lowest BCUT2D eigenvalue weighted by atomic mass is 9.45. The number of rotatable bonds is 1. The molecule has 0 bridgehead atoms. The van der Waals surface area contributed by atoms with E-state index in [9.17, 15) is 0 Å². The Morgan fingerprint density at radius 1 is 1.12 bits per heavy atom. The fourth-order valence-corrected chi connectivity index (χ4v) is 7.95. The molecule has 1 aromatic carbocycles. The van der Waals surface area contributed by atoms with Gasteiger partial charge in [0.05, 0.1) is 0 Å². The van der Waals surface area contributed by atoms with Crippen LogP contribution in [0.15, 0.2) is 18.2 Å². The second-order valence-corrected chi connectivity index (χ2v) is 9.86. The van der Waals surface area contributed by atoms with E-state index < -0.39 is 0 Å². The molecule has 2 saturated carbocycles. The van der Waals surface area contributed by atoms with Crippen LogP contribution in [0.1, 0.15) is 82.9 Å². The van der Waals surface area contributed by atoms with Gasteiger partial charge in [-0.2, -0.15) is 0 Å². The highest BCUT2D eigenvalue weighted by molar-refractivity contribution is 5.38. The molecule has 132 valence electrons. The van der Waals surface area contributed by atoms with Crippen molar-refractivity contribution in [1.82, 2.24) is 0 Å². The molecule has 0 saturated heterocycles. The molecular weight excluding hydrogens is 288 g/mol. The highest BCUT2D eigenvalue weighted by Crippen LogP contribution is 2.73. The average Bonchev–Trinajstić information content (AvgIpc) is 2.71. The van der Waals surface area contributed by atoms with E-state index in [0.29, 0.717) is 10.8 Å². The van der Waals surface area contributed by atoms with Crippen LogP contribution in [0.2, 0.25) is 0 Å². The van der Waals surface area contributed by atoms with Gasteiger partial charge < -0.3 is 0 Å². The zero-order valence-corrected chi connectivity index (χ0v) is 16.7. The van der Waals surface area contributed by atoms with Crippen molar-refractivity contribution in [2.45, 2.75) is 79.6 Å². The van der Waals surface area contributed by atoms with Crippen molar-refractivity contribution < 1.29 is 0 Å². The SMILES string of the molecule is CCC1C(C)C(C)C2(C)CCC3c4ccc(C)cc4CCC3C12C. The fraction of sp³-hybridized carbons (Fsp3) is 0.750. The van der Waals surface area contributed by atoms with E-state index in [0.717, 1.165) is 29.6 Å². The third-order valence-electron chi connectivity index (χ3n) is 9.52. The summed E-state index contributed by atoms with van der Waals surface area (Å²) in [6.45, 7) is 15.2. The number of benzene rings is 1. The van der Waals surface area contributed by atoms with Gasteiger partial charge in [-0.05, 0) is 84.2 Å². The van der Waals surface area contributed by atoms with Gasteiger partial charge in [0, 0.05) is 0 Å². The molecule has 0 radical (unpaired) electrons. The van der Waals surface area contributed by atoms with Crippen LogP contribution in [0.3, 0.4) is 0 Å². The molecule has 0 heterocycles. The van der Waals surface area contributed by atoms with Crippen molar-refractivity contribution in [2.75, 3.05) is 0 Å². The lowest BCUT2D eigenvalue weighted by molar-refractivity contribution is -0.0761. The quantitative estimate of drug-likeness (QED) is 0.535. The van der Waals surface area contributed by atoms with E-state index in [4.69, 9.17) is 0 Å². The summed E-state index contributed by atoms with van der Waals surface area (Å²) in [4.78, 5) is 0. The van der Waals surface area contributed by atoms with Gasteiger partial charge in [-0.15, -0.1) is 0 Å². The monoisotopic (exact) mass is 324 g/mol. The predicted octanol–water partition coefficient (Wildman–Crippen LogP) is 6.76. The second kappa shape index (κ2) is 5.36. The highest BCUT2D eigenvalue weighted by atomic mass is 14.7. The third-order valence-corrected chi connectivity index (χ3v) is 9.52. The molecule has 4 rings (SSSR count). The van der Waals surface area contributed by atoms with E-state index in [1.807, 2.05) is 0 Å². The topological polar surface area (TPSA) is 0 Å². The van der Waals surface area contributed by atoms with Crippen molar-refractivity contribution in [3.05, 3.63) is 34.9 Å². The minimum Gasteiger partial charge on any atom is -0.0651 e. The van der Waals surface area contributed by atoms with E-state index >= 15 is 0 Å². The van der Waals surface area contributed by atoms with Crippen LogP contribution >= 0.6 is 0 Å². The molecule has 0 nitrogen and oxygen atoms in total. The standard InChI is InChI=1S/C24H36/c1-7-21-16(3)17(4)23(5)13-12-20-19-10-8-15(2)14-18(19)9-11-22(20)24(21,23)6/h8,10,14,16-17,20-22H,7,9,11-13H2,1-6H3. The molecule has 0 aromatic heterocycles. The zero-order valence-electron chi connectivity index (χ0n) is 16.7. The van der Waals surface area contributed by atoms with Crippen molar-refractivity contribution in [3.63, 3.8) is 0 Å². The Kier molecular flexibility index (Phi) is 3.72. The molecule has 2 fully saturated rings. The highest BCUT2D eigenvalue weighted by Gasteiger charge is 2.66. The third kappa shape index (κ3) is 1.86. The summed E-state index contributed by atoms with van der Waals surface area (Å²) in [6.07, 6.45) is 6.94.